The molecule has 2 aliphatic rings. The first kappa shape index (κ1) is 22.8. The Morgan fingerprint density at radius 1 is 1.15 bits per heavy atom. The molecule has 1 fully saturated rings. The van der Waals surface area contributed by atoms with E-state index >= 15 is 0 Å². The van der Waals surface area contributed by atoms with Crippen molar-refractivity contribution in [2.45, 2.75) is 57.0 Å². The zero-order valence-corrected chi connectivity index (χ0v) is 20.4. The third-order valence-corrected chi connectivity index (χ3v) is 6.84. The molecule has 3 aromatic rings. The Kier molecular flexibility index (Phi) is 6.75. The standard InChI is InChI=1S/C24H30N6O3S/c1-3-34-24-27-21(29-12-7-4-8-13-29)17-15-26-30(22(17)28-24)14-11-25-23(31)20-16(2)32-18-9-5-6-10-19(18)33-20/h5-6,9-10,15-16,20H,3-4,7-8,11-14H2,1-2H3,(H,25,31). The molecule has 10 heteroatoms. The van der Waals surface area contributed by atoms with Crippen molar-refractivity contribution in [2.75, 3.05) is 30.3 Å². The summed E-state index contributed by atoms with van der Waals surface area (Å²) in [6.07, 6.45) is 4.38. The molecule has 180 valence electrons. The van der Waals surface area contributed by atoms with E-state index in [1.54, 1.807) is 11.8 Å². The molecule has 1 amide bonds. The fourth-order valence-corrected chi connectivity index (χ4v) is 4.98. The molecule has 0 radical (unpaired) electrons. The van der Waals surface area contributed by atoms with E-state index < -0.39 is 6.10 Å². The molecule has 9 nitrogen and oxygen atoms in total. The molecule has 34 heavy (non-hydrogen) atoms. The van der Waals surface area contributed by atoms with Crippen LogP contribution in [0.3, 0.4) is 0 Å². The van der Waals surface area contributed by atoms with E-state index in [-0.39, 0.29) is 12.0 Å². The summed E-state index contributed by atoms with van der Waals surface area (Å²) in [6, 6.07) is 7.40. The van der Waals surface area contributed by atoms with Crippen molar-refractivity contribution in [2.24, 2.45) is 0 Å². The second kappa shape index (κ2) is 10.1. The number of hydrogen-bond donors (Lipinski definition) is 1. The molecule has 2 aromatic heterocycles. The predicted molar refractivity (Wildman–Crippen MR) is 132 cm³/mol. The lowest BCUT2D eigenvalue weighted by atomic mass is 10.1. The number of anilines is 1. The van der Waals surface area contributed by atoms with Crippen LogP contribution in [-0.4, -0.2) is 63.3 Å². The fraction of sp³-hybridized carbons (Fsp3) is 0.500. The van der Waals surface area contributed by atoms with Crippen LogP contribution in [0.4, 0.5) is 5.82 Å². The van der Waals surface area contributed by atoms with Crippen LogP contribution < -0.4 is 19.7 Å². The summed E-state index contributed by atoms with van der Waals surface area (Å²) in [5.41, 5.74) is 0.806. The van der Waals surface area contributed by atoms with Crippen molar-refractivity contribution >= 4 is 34.5 Å². The summed E-state index contributed by atoms with van der Waals surface area (Å²) in [6.45, 7) is 6.86. The maximum absolute atomic E-state index is 12.8. The first-order valence-electron chi connectivity index (χ1n) is 12.0. The third kappa shape index (κ3) is 4.64. The van der Waals surface area contributed by atoms with Crippen molar-refractivity contribution in [1.82, 2.24) is 25.1 Å². The van der Waals surface area contributed by atoms with Gasteiger partial charge in [0.2, 0.25) is 6.10 Å². The van der Waals surface area contributed by atoms with E-state index in [2.05, 4.69) is 22.2 Å². The van der Waals surface area contributed by atoms with Crippen molar-refractivity contribution in [3.8, 4) is 11.5 Å². The van der Waals surface area contributed by atoms with Gasteiger partial charge in [-0.25, -0.2) is 14.6 Å². The predicted octanol–water partition coefficient (Wildman–Crippen LogP) is 3.27. The van der Waals surface area contributed by atoms with Crippen LogP contribution in [0.5, 0.6) is 11.5 Å². The Morgan fingerprint density at radius 2 is 1.91 bits per heavy atom. The smallest absolute Gasteiger partial charge is 0.265 e. The van der Waals surface area contributed by atoms with Gasteiger partial charge in [0.05, 0.1) is 18.1 Å². The molecule has 1 aromatic carbocycles. The molecule has 4 heterocycles. The summed E-state index contributed by atoms with van der Waals surface area (Å²) in [7, 11) is 0. The molecule has 2 atom stereocenters. The average molecular weight is 483 g/mol. The Bertz CT molecular complexity index is 1160. The Morgan fingerprint density at radius 3 is 2.68 bits per heavy atom. The largest absolute Gasteiger partial charge is 0.482 e. The normalized spacial score (nSPS) is 19.9. The van der Waals surface area contributed by atoms with Crippen LogP contribution in [-0.2, 0) is 11.3 Å². The number of aromatic nitrogens is 4. The Labute approximate surface area is 203 Å². The van der Waals surface area contributed by atoms with Gasteiger partial charge in [-0.15, -0.1) is 0 Å². The zero-order chi connectivity index (χ0) is 23.5. The number of carbonyl (C=O) groups excluding carboxylic acids is 1. The molecule has 0 saturated carbocycles. The number of thioether (sulfide) groups is 1. The van der Waals surface area contributed by atoms with Gasteiger partial charge in [0, 0.05) is 19.6 Å². The summed E-state index contributed by atoms with van der Waals surface area (Å²) in [5, 5.41) is 9.27. The van der Waals surface area contributed by atoms with Crippen molar-refractivity contribution in [3.63, 3.8) is 0 Å². The van der Waals surface area contributed by atoms with Gasteiger partial charge < -0.3 is 19.7 Å². The van der Waals surface area contributed by atoms with Gasteiger partial charge in [0.25, 0.3) is 5.91 Å². The fourth-order valence-electron chi connectivity index (χ4n) is 4.42. The van der Waals surface area contributed by atoms with Crippen LogP contribution >= 0.6 is 11.8 Å². The zero-order valence-electron chi connectivity index (χ0n) is 19.6. The van der Waals surface area contributed by atoms with Crippen LogP contribution in [0, 0.1) is 0 Å². The number of benzene rings is 1. The van der Waals surface area contributed by atoms with Gasteiger partial charge in [-0.1, -0.05) is 30.8 Å². The highest BCUT2D eigenvalue weighted by Crippen LogP contribution is 2.33. The van der Waals surface area contributed by atoms with Gasteiger partial charge in [0.1, 0.15) is 11.9 Å². The molecule has 2 unspecified atom stereocenters. The number of fused-ring (bicyclic) bond motifs is 2. The molecule has 1 saturated heterocycles. The monoisotopic (exact) mass is 482 g/mol. The minimum Gasteiger partial charge on any atom is -0.482 e. The lowest BCUT2D eigenvalue weighted by molar-refractivity contribution is -0.133. The Balaban J connectivity index is 1.28. The molecular weight excluding hydrogens is 452 g/mol. The van der Waals surface area contributed by atoms with Gasteiger partial charge >= 0.3 is 0 Å². The van der Waals surface area contributed by atoms with Gasteiger partial charge in [-0.3, -0.25) is 4.79 Å². The second-order valence-corrected chi connectivity index (χ2v) is 9.75. The van der Waals surface area contributed by atoms with E-state index in [9.17, 15) is 4.79 Å². The minimum absolute atomic E-state index is 0.204. The number of rotatable bonds is 7. The number of nitrogens with one attached hydrogen (secondary N) is 1. The maximum Gasteiger partial charge on any atom is 0.265 e. The summed E-state index contributed by atoms with van der Waals surface area (Å²) in [4.78, 5) is 24.8. The maximum atomic E-state index is 12.8. The van der Waals surface area contributed by atoms with Crippen molar-refractivity contribution in [1.29, 1.82) is 0 Å². The van der Waals surface area contributed by atoms with Crippen LogP contribution in [0.2, 0.25) is 0 Å². The van der Waals surface area contributed by atoms with Crippen molar-refractivity contribution in [3.05, 3.63) is 30.5 Å². The lowest BCUT2D eigenvalue weighted by Crippen LogP contribution is -2.49. The van der Waals surface area contributed by atoms with E-state index in [0.29, 0.717) is 24.6 Å². The topological polar surface area (TPSA) is 94.4 Å². The average Bonchev–Trinajstić information content (AvgIpc) is 3.26. The molecule has 2 aliphatic heterocycles. The number of nitrogens with zero attached hydrogens (tertiary/aromatic N) is 5. The molecule has 1 N–H and O–H groups in total. The second-order valence-electron chi connectivity index (χ2n) is 8.51. The number of ether oxygens (including phenoxy) is 2. The van der Waals surface area contributed by atoms with E-state index in [1.807, 2.05) is 42.1 Å². The highest BCUT2D eigenvalue weighted by Gasteiger charge is 2.33. The molecule has 0 aliphatic carbocycles. The van der Waals surface area contributed by atoms with Gasteiger partial charge in [0.15, 0.2) is 22.3 Å². The third-order valence-electron chi connectivity index (χ3n) is 6.11. The van der Waals surface area contributed by atoms with Crippen LogP contribution in [0.1, 0.15) is 33.1 Å². The highest BCUT2D eigenvalue weighted by atomic mass is 32.2. The van der Waals surface area contributed by atoms with Gasteiger partial charge in [-0.05, 0) is 44.1 Å². The number of piperidine rings is 1. The summed E-state index contributed by atoms with van der Waals surface area (Å²) in [5.74, 6) is 2.91. The number of carbonyl (C=O) groups is 1. The number of para-hydroxylation sites is 2. The van der Waals surface area contributed by atoms with E-state index in [1.165, 1.54) is 19.3 Å². The first-order chi connectivity index (χ1) is 16.6. The Hall–Kier alpha value is -3.01. The molecule has 5 rings (SSSR count). The number of hydrogen-bond acceptors (Lipinski definition) is 8. The highest BCUT2D eigenvalue weighted by molar-refractivity contribution is 7.99. The summed E-state index contributed by atoms with van der Waals surface area (Å²) >= 11 is 1.63. The lowest BCUT2D eigenvalue weighted by Gasteiger charge is -2.31. The quantitative estimate of drug-likeness (QED) is 0.405. The van der Waals surface area contributed by atoms with E-state index in [0.717, 1.165) is 40.9 Å². The van der Waals surface area contributed by atoms with Crippen LogP contribution in [0.15, 0.2) is 35.6 Å². The molecule has 0 spiro atoms. The van der Waals surface area contributed by atoms with E-state index in [4.69, 9.17) is 19.4 Å². The van der Waals surface area contributed by atoms with Crippen LogP contribution in [0.25, 0.3) is 11.0 Å². The molecular formula is C24H30N6O3S. The first-order valence-corrected chi connectivity index (χ1v) is 12.9. The van der Waals surface area contributed by atoms with Gasteiger partial charge in [-0.2, -0.15) is 5.10 Å². The van der Waals surface area contributed by atoms with Crippen molar-refractivity contribution < 1.29 is 14.3 Å². The molecule has 0 bridgehead atoms. The summed E-state index contributed by atoms with van der Waals surface area (Å²) < 4.78 is 13.6. The number of amides is 1. The SMILES string of the molecule is CCSc1nc(N2CCCCC2)c2cnn(CCNC(=O)C3Oc4ccccc4OC3C)c2n1. The minimum atomic E-state index is -0.704.